The summed E-state index contributed by atoms with van der Waals surface area (Å²) in [4.78, 5) is 0. The largest absolute Gasteiger partial charge is 0.302 e. The molecule has 0 saturated heterocycles. The van der Waals surface area contributed by atoms with Gasteiger partial charge in [-0.1, -0.05) is 27.2 Å². The SMILES string of the molecule is CCCCNC(CC)NCCC. The fourth-order valence-electron chi connectivity index (χ4n) is 1.13. The molecule has 0 aromatic rings. The summed E-state index contributed by atoms with van der Waals surface area (Å²) in [5.41, 5.74) is 0. The maximum atomic E-state index is 3.49. The van der Waals surface area contributed by atoms with Crippen LogP contribution in [-0.4, -0.2) is 19.3 Å². The molecule has 0 bridgehead atoms. The second kappa shape index (κ2) is 9.01. The average Bonchev–Trinajstić information content (AvgIpc) is 2.11. The highest BCUT2D eigenvalue weighted by Crippen LogP contribution is 1.89. The highest BCUT2D eigenvalue weighted by atomic mass is 15.1. The Bertz CT molecular complexity index is 83.9. The van der Waals surface area contributed by atoms with Gasteiger partial charge in [0, 0.05) is 0 Å². The Morgan fingerprint density at radius 2 is 1.58 bits per heavy atom. The molecule has 74 valence electrons. The molecule has 2 nitrogen and oxygen atoms in total. The van der Waals surface area contributed by atoms with Crippen LogP contribution >= 0.6 is 0 Å². The molecular formula is C10H24N2. The van der Waals surface area contributed by atoms with Gasteiger partial charge in [-0.3, -0.25) is 0 Å². The molecule has 0 aliphatic rings. The van der Waals surface area contributed by atoms with Crippen LogP contribution < -0.4 is 10.6 Å². The number of hydrogen-bond acceptors (Lipinski definition) is 2. The van der Waals surface area contributed by atoms with E-state index in [0.717, 1.165) is 13.1 Å². The van der Waals surface area contributed by atoms with Crippen molar-refractivity contribution in [3.8, 4) is 0 Å². The standard InChI is InChI=1S/C10H24N2/c1-4-7-9-12-10(6-3)11-8-5-2/h10-12H,4-9H2,1-3H3. The Balaban J connectivity index is 3.26. The van der Waals surface area contributed by atoms with Crippen LogP contribution in [0.1, 0.15) is 46.5 Å². The Hall–Kier alpha value is -0.0800. The average molecular weight is 172 g/mol. The van der Waals surface area contributed by atoms with E-state index in [4.69, 9.17) is 0 Å². The van der Waals surface area contributed by atoms with Gasteiger partial charge in [0.05, 0.1) is 6.17 Å². The first-order chi connectivity index (χ1) is 5.85. The number of nitrogens with one attached hydrogen (secondary N) is 2. The van der Waals surface area contributed by atoms with Crippen LogP contribution in [0.15, 0.2) is 0 Å². The predicted molar refractivity (Wildman–Crippen MR) is 55.3 cm³/mol. The van der Waals surface area contributed by atoms with Gasteiger partial charge in [-0.2, -0.15) is 0 Å². The van der Waals surface area contributed by atoms with Crippen molar-refractivity contribution in [2.24, 2.45) is 0 Å². The molecule has 0 heterocycles. The van der Waals surface area contributed by atoms with Gasteiger partial charge < -0.3 is 10.6 Å². The normalized spacial score (nSPS) is 13.2. The maximum absolute atomic E-state index is 3.49. The van der Waals surface area contributed by atoms with Crippen LogP contribution in [0, 0.1) is 0 Å². The molecular weight excluding hydrogens is 148 g/mol. The van der Waals surface area contributed by atoms with Gasteiger partial charge in [-0.05, 0) is 32.4 Å². The van der Waals surface area contributed by atoms with E-state index < -0.39 is 0 Å². The molecule has 2 heteroatoms. The van der Waals surface area contributed by atoms with E-state index >= 15 is 0 Å². The molecule has 0 aliphatic heterocycles. The molecule has 2 N–H and O–H groups in total. The van der Waals surface area contributed by atoms with E-state index in [0.29, 0.717) is 6.17 Å². The third-order valence-electron chi connectivity index (χ3n) is 1.97. The molecule has 0 saturated carbocycles. The highest BCUT2D eigenvalue weighted by Gasteiger charge is 2.01. The van der Waals surface area contributed by atoms with Crippen LogP contribution in [0.2, 0.25) is 0 Å². The summed E-state index contributed by atoms with van der Waals surface area (Å²) in [7, 11) is 0. The summed E-state index contributed by atoms with van der Waals surface area (Å²) in [6, 6.07) is 0. The lowest BCUT2D eigenvalue weighted by atomic mass is 10.3. The summed E-state index contributed by atoms with van der Waals surface area (Å²) in [5, 5.41) is 6.96. The summed E-state index contributed by atoms with van der Waals surface area (Å²) >= 11 is 0. The van der Waals surface area contributed by atoms with Gasteiger partial charge in [0.2, 0.25) is 0 Å². The van der Waals surface area contributed by atoms with Crippen LogP contribution in [0.4, 0.5) is 0 Å². The molecule has 0 amide bonds. The Morgan fingerprint density at radius 3 is 2.08 bits per heavy atom. The first kappa shape index (κ1) is 11.9. The molecule has 12 heavy (non-hydrogen) atoms. The first-order valence-corrected chi connectivity index (χ1v) is 5.31. The lowest BCUT2D eigenvalue weighted by Crippen LogP contribution is -2.42. The van der Waals surface area contributed by atoms with Crippen molar-refractivity contribution in [2.45, 2.75) is 52.6 Å². The Kier molecular flexibility index (Phi) is 8.95. The number of rotatable bonds is 8. The summed E-state index contributed by atoms with van der Waals surface area (Å²) < 4.78 is 0. The summed E-state index contributed by atoms with van der Waals surface area (Å²) in [6.45, 7) is 8.91. The maximum Gasteiger partial charge on any atom is 0.0568 e. The summed E-state index contributed by atoms with van der Waals surface area (Å²) in [6.07, 6.45) is 5.47. The van der Waals surface area contributed by atoms with Gasteiger partial charge in [-0.25, -0.2) is 0 Å². The minimum Gasteiger partial charge on any atom is -0.302 e. The Morgan fingerprint density at radius 1 is 0.917 bits per heavy atom. The van der Waals surface area contributed by atoms with Gasteiger partial charge in [0.15, 0.2) is 0 Å². The fraction of sp³-hybridized carbons (Fsp3) is 1.00. The number of hydrogen-bond donors (Lipinski definition) is 2. The van der Waals surface area contributed by atoms with Crippen molar-refractivity contribution in [3.63, 3.8) is 0 Å². The van der Waals surface area contributed by atoms with Crippen molar-refractivity contribution in [1.82, 2.24) is 10.6 Å². The third kappa shape index (κ3) is 6.62. The molecule has 0 spiro atoms. The molecule has 0 aromatic carbocycles. The lowest BCUT2D eigenvalue weighted by Gasteiger charge is -2.17. The topological polar surface area (TPSA) is 24.1 Å². The third-order valence-corrected chi connectivity index (χ3v) is 1.97. The van der Waals surface area contributed by atoms with E-state index in [9.17, 15) is 0 Å². The van der Waals surface area contributed by atoms with Crippen molar-refractivity contribution < 1.29 is 0 Å². The molecule has 0 aliphatic carbocycles. The lowest BCUT2D eigenvalue weighted by molar-refractivity contribution is 0.410. The summed E-state index contributed by atoms with van der Waals surface area (Å²) in [5.74, 6) is 0. The zero-order valence-corrected chi connectivity index (χ0v) is 8.82. The molecule has 0 radical (unpaired) electrons. The van der Waals surface area contributed by atoms with E-state index in [1.54, 1.807) is 0 Å². The molecule has 1 unspecified atom stereocenters. The van der Waals surface area contributed by atoms with E-state index in [1.807, 2.05) is 0 Å². The van der Waals surface area contributed by atoms with Gasteiger partial charge in [0.1, 0.15) is 0 Å². The zero-order chi connectivity index (χ0) is 9.23. The smallest absolute Gasteiger partial charge is 0.0568 e. The molecule has 0 aromatic heterocycles. The molecule has 0 rings (SSSR count). The first-order valence-electron chi connectivity index (χ1n) is 5.31. The second-order valence-corrected chi connectivity index (χ2v) is 3.22. The van der Waals surface area contributed by atoms with Crippen LogP contribution in [-0.2, 0) is 0 Å². The number of unbranched alkanes of at least 4 members (excludes halogenated alkanes) is 1. The van der Waals surface area contributed by atoms with E-state index in [-0.39, 0.29) is 0 Å². The quantitative estimate of drug-likeness (QED) is 0.433. The minimum absolute atomic E-state index is 0.525. The molecule has 1 atom stereocenters. The van der Waals surface area contributed by atoms with Crippen LogP contribution in [0.5, 0.6) is 0 Å². The van der Waals surface area contributed by atoms with E-state index in [1.165, 1.54) is 25.7 Å². The van der Waals surface area contributed by atoms with Crippen molar-refractivity contribution in [2.75, 3.05) is 13.1 Å². The zero-order valence-electron chi connectivity index (χ0n) is 8.82. The van der Waals surface area contributed by atoms with Crippen molar-refractivity contribution in [1.29, 1.82) is 0 Å². The molecule has 0 fully saturated rings. The van der Waals surface area contributed by atoms with E-state index in [2.05, 4.69) is 31.4 Å². The van der Waals surface area contributed by atoms with Crippen molar-refractivity contribution >= 4 is 0 Å². The fourth-order valence-corrected chi connectivity index (χ4v) is 1.13. The van der Waals surface area contributed by atoms with Gasteiger partial charge in [0.25, 0.3) is 0 Å². The predicted octanol–water partition coefficient (Wildman–Crippen LogP) is 2.11. The second-order valence-electron chi connectivity index (χ2n) is 3.22. The highest BCUT2D eigenvalue weighted by molar-refractivity contribution is 4.61. The Labute approximate surface area is 77.1 Å². The van der Waals surface area contributed by atoms with Gasteiger partial charge in [-0.15, -0.1) is 0 Å². The van der Waals surface area contributed by atoms with Crippen LogP contribution in [0.3, 0.4) is 0 Å². The monoisotopic (exact) mass is 172 g/mol. The van der Waals surface area contributed by atoms with Gasteiger partial charge >= 0.3 is 0 Å². The minimum atomic E-state index is 0.525. The van der Waals surface area contributed by atoms with Crippen molar-refractivity contribution in [3.05, 3.63) is 0 Å². The van der Waals surface area contributed by atoms with Crippen LogP contribution in [0.25, 0.3) is 0 Å².